The number of aryl methyl sites for hydroxylation is 1. The first-order valence-corrected chi connectivity index (χ1v) is 5.44. The van der Waals surface area contributed by atoms with Crippen molar-refractivity contribution in [2.45, 2.75) is 6.92 Å². The van der Waals surface area contributed by atoms with Gasteiger partial charge >= 0.3 is 10.4 Å². The fourth-order valence-corrected chi connectivity index (χ4v) is 0.847. The molecule has 0 bridgehead atoms. The third-order valence-electron chi connectivity index (χ3n) is 1.26. The van der Waals surface area contributed by atoms with Crippen molar-refractivity contribution in [1.82, 2.24) is 0 Å². The van der Waals surface area contributed by atoms with Gasteiger partial charge in [0.05, 0.1) is 5.69 Å². The van der Waals surface area contributed by atoms with Crippen LogP contribution in [0.1, 0.15) is 5.56 Å². The van der Waals surface area contributed by atoms with E-state index in [1.165, 1.54) is 0 Å². The summed E-state index contributed by atoms with van der Waals surface area (Å²) in [6.45, 7) is 1.99. The summed E-state index contributed by atoms with van der Waals surface area (Å²) < 4.78 is 31.6. The number of rotatable bonds is 1. The highest BCUT2D eigenvalue weighted by molar-refractivity contribution is 7.79. The topological polar surface area (TPSA) is 139 Å². The Kier molecular flexibility index (Phi) is 5.43. The molecule has 1 aromatic carbocycles. The fourth-order valence-electron chi connectivity index (χ4n) is 0.847. The molecule has 0 aromatic heterocycles. The third-order valence-corrected chi connectivity index (χ3v) is 1.26. The van der Waals surface area contributed by atoms with Crippen LogP contribution < -0.4 is 11.5 Å². The van der Waals surface area contributed by atoms with Gasteiger partial charge in [-0.3, -0.25) is 9.11 Å². The second-order valence-corrected chi connectivity index (χ2v) is 3.72. The molecule has 0 unspecified atom stereocenters. The predicted molar refractivity (Wildman–Crippen MR) is 60.8 cm³/mol. The first-order chi connectivity index (χ1) is 7.18. The van der Waals surface area contributed by atoms with Crippen LogP contribution >= 0.6 is 0 Å². The van der Waals surface area contributed by atoms with Gasteiger partial charge in [0.1, 0.15) is 0 Å². The highest BCUT2D eigenvalue weighted by Gasteiger charge is 1.88. The van der Waals surface area contributed by atoms with Gasteiger partial charge in [-0.05, 0) is 24.6 Å². The number of hydrogen-bond acceptors (Lipinski definition) is 3. The van der Waals surface area contributed by atoms with Gasteiger partial charge in [-0.25, -0.2) is 4.99 Å². The molecule has 0 atom stereocenters. The van der Waals surface area contributed by atoms with E-state index in [-0.39, 0.29) is 5.96 Å². The van der Waals surface area contributed by atoms with Crippen LogP contribution in [-0.2, 0) is 10.4 Å². The normalized spacial score (nSPS) is 9.94. The maximum atomic E-state index is 8.74. The van der Waals surface area contributed by atoms with Gasteiger partial charge in [0.25, 0.3) is 0 Å². The van der Waals surface area contributed by atoms with Crippen molar-refractivity contribution < 1.29 is 17.5 Å². The number of nitrogens with zero attached hydrogens (tertiary/aromatic N) is 1. The first kappa shape index (κ1) is 14.4. The van der Waals surface area contributed by atoms with Gasteiger partial charge in [-0.1, -0.05) is 12.1 Å². The summed E-state index contributed by atoms with van der Waals surface area (Å²) in [5.74, 6) is 0.0931. The molecule has 8 heteroatoms. The minimum absolute atomic E-state index is 0.0931. The Morgan fingerprint density at radius 1 is 1.31 bits per heavy atom. The lowest BCUT2D eigenvalue weighted by Gasteiger charge is -1.95. The van der Waals surface area contributed by atoms with Crippen LogP contribution in [0.25, 0.3) is 0 Å². The van der Waals surface area contributed by atoms with Crippen molar-refractivity contribution in [1.29, 1.82) is 0 Å². The van der Waals surface area contributed by atoms with Gasteiger partial charge in [0, 0.05) is 0 Å². The largest absolute Gasteiger partial charge is 0.394 e. The van der Waals surface area contributed by atoms with Gasteiger partial charge in [0.2, 0.25) is 0 Å². The van der Waals surface area contributed by atoms with Crippen LogP contribution in [0, 0.1) is 6.92 Å². The molecule has 0 heterocycles. The zero-order valence-corrected chi connectivity index (χ0v) is 9.35. The van der Waals surface area contributed by atoms with Crippen LogP contribution in [0.4, 0.5) is 5.69 Å². The molecular formula is C8H13N3O4S. The Balaban J connectivity index is 0.000000385. The van der Waals surface area contributed by atoms with Gasteiger partial charge in [0.15, 0.2) is 5.96 Å². The molecule has 0 aliphatic rings. The summed E-state index contributed by atoms with van der Waals surface area (Å²) >= 11 is 0. The number of guanidine groups is 1. The minimum Gasteiger partial charge on any atom is -0.370 e. The van der Waals surface area contributed by atoms with Crippen molar-refractivity contribution in [3.05, 3.63) is 29.8 Å². The van der Waals surface area contributed by atoms with Crippen molar-refractivity contribution in [3.8, 4) is 0 Å². The Bertz CT molecular complexity index is 458. The summed E-state index contributed by atoms with van der Waals surface area (Å²) in [4.78, 5) is 3.89. The van der Waals surface area contributed by atoms with E-state index in [4.69, 9.17) is 29.0 Å². The van der Waals surface area contributed by atoms with E-state index >= 15 is 0 Å². The zero-order valence-electron chi connectivity index (χ0n) is 8.53. The fraction of sp³-hybridized carbons (Fsp3) is 0.125. The van der Waals surface area contributed by atoms with E-state index in [1.54, 1.807) is 0 Å². The summed E-state index contributed by atoms with van der Waals surface area (Å²) in [6, 6.07) is 7.68. The molecule has 1 aromatic rings. The molecule has 0 amide bonds. The van der Waals surface area contributed by atoms with Crippen LogP contribution in [0.15, 0.2) is 29.3 Å². The molecule has 6 N–H and O–H groups in total. The second-order valence-electron chi connectivity index (χ2n) is 2.82. The predicted octanol–water partition coefficient (Wildman–Crippen LogP) is 0.247. The molecule has 16 heavy (non-hydrogen) atoms. The maximum Gasteiger partial charge on any atom is 0.394 e. The van der Waals surface area contributed by atoms with Crippen LogP contribution in [0.2, 0.25) is 0 Å². The molecular weight excluding hydrogens is 234 g/mol. The summed E-state index contributed by atoms with van der Waals surface area (Å²) in [7, 11) is -4.67. The Morgan fingerprint density at radius 3 is 2.19 bits per heavy atom. The van der Waals surface area contributed by atoms with E-state index < -0.39 is 10.4 Å². The van der Waals surface area contributed by atoms with Crippen molar-refractivity contribution in [3.63, 3.8) is 0 Å². The van der Waals surface area contributed by atoms with Crippen LogP contribution in [-0.4, -0.2) is 23.5 Å². The average molecular weight is 247 g/mol. The summed E-state index contributed by atoms with van der Waals surface area (Å²) in [5.41, 5.74) is 12.3. The van der Waals surface area contributed by atoms with Gasteiger partial charge < -0.3 is 11.5 Å². The quantitative estimate of drug-likeness (QED) is 0.318. The monoisotopic (exact) mass is 247 g/mol. The Morgan fingerprint density at radius 2 is 1.81 bits per heavy atom. The molecule has 0 saturated carbocycles. The lowest BCUT2D eigenvalue weighted by Crippen LogP contribution is -2.21. The molecule has 0 saturated heterocycles. The molecule has 0 radical (unpaired) electrons. The standard InChI is InChI=1S/C8H11N3.H2O4S/c1-6-3-2-4-7(5-6)11-8(9)10;1-5(2,3)4/h2-5H,1H3,(H4,9,10,11);(H2,1,2,3,4). The zero-order chi connectivity index (χ0) is 12.8. The SMILES string of the molecule is Cc1cccc(N=C(N)N)c1.O=S(=O)(O)O. The van der Waals surface area contributed by atoms with Crippen LogP contribution in [0.3, 0.4) is 0 Å². The smallest absolute Gasteiger partial charge is 0.370 e. The Labute approximate surface area is 93.4 Å². The minimum atomic E-state index is -4.67. The molecule has 0 spiro atoms. The van der Waals surface area contributed by atoms with Crippen LogP contribution in [0.5, 0.6) is 0 Å². The van der Waals surface area contributed by atoms with Gasteiger partial charge in [-0.2, -0.15) is 8.42 Å². The average Bonchev–Trinajstić information content (AvgIpc) is 1.98. The Hall–Kier alpha value is -1.64. The summed E-state index contributed by atoms with van der Waals surface area (Å²) in [5, 5.41) is 0. The van der Waals surface area contributed by atoms with Gasteiger partial charge in [-0.15, -0.1) is 0 Å². The van der Waals surface area contributed by atoms with E-state index in [2.05, 4.69) is 4.99 Å². The molecule has 0 aliphatic heterocycles. The molecule has 0 fully saturated rings. The molecule has 0 aliphatic carbocycles. The van der Waals surface area contributed by atoms with E-state index in [0.717, 1.165) is 11.3 Å². The van der Waals surface area contributed by atoms with E-state index in [9.17, 15) is 0 Å². The summed E-state index contributed by atoms with van der Waals surface area (Å²) in [6.07, 6.45) is 0. The molecule has 1 rings (SSSR count). The number of aliphatic imine (C=N–C) groups is 1. The highest BCUT2D eigenvalue weighted by atomic mass is 32.3. The van der Waals surface area contributed by atoms with Crippen molar-refractivity contribution in [2.24, 2.45) is 16.5 Å². The number of benzene rings is 1. The van der Waals surface area contributed by atoms with E-state index in [0.29, 0.717) is 0 Å². The molecule has 90 valence electrons. The highest BCUT2D eigenvalue weighted by Crippen LogP contribution is 2.12. The maximum absolute atomic E-state index is 8.74. The van der Waals surface area contributed by atoms with E-state index in [1.807, 2.05) is 31.2 Å². The van der Waals surface area contributed by atoms with Crippen molar-refractivity contribution >= 4 is 22.0 Å². The lowest BCUT2D eigenvalue weighted by atomic mass is 10.2. The first-order valence-electron chi connectivity index (χ1n) is 4.04. The number of nitrogens with two attached hydrogens (primary N) is 2. The second kappa shape index (κ2) is 6.05. The number of hydrogen-bond donors (Lipinski definition) is 4. The molecule has 7 nitrogen and oxygen atoms in total. The third kappa shape index (κ3) is 10.4. The van der Waals surface area contributed by atoms with Crippen molar-refractivity contribution in [2.75, 3.05) is 0 Å². The lowest BCUT2D eigenvalue weighted by molar-refractivity contribution is 0.381.